The summed E-state index contributed by atoms with van der Waals surface area (Å²) in [6.45, 7) is 1.86. The Balaban J connectivity index is 1.81. The molecule has 24 heavy (non-hydrogen) atoms. The second-order valence-electron chi connectivity index (χ2n) is 5.27. The fourth-order valence-electron chi connectivity index (χ4n) is 2.14. The smallest absolute Gasteiger partial charge is 0.406 e. The number of ether oxygens (including phenoxy) is 1. The Morgan fingerprint density at radius 2 is 1.96 bits per heavy atom. The molecule has 0 saturated heterocycles. The van der Waals surface area contributed by atoms with Crippen molar-refractivity contribution in [3.63, 3.8) is 0 Å². The predicted octanol–water partition coefficient (Wildman–Crippen LogP) is 3.79. The molecule has 0 radical (unpaired) electrons. The predicted molar refractivity (Wildman–Crippen MR) is 82.2 cm³/mol. The second-order valence-corrected chi connectivity index (χ2v) is 5.27. The van der Waals surface area contributed by atoms with E-state index in [1.807, 2.05) is 13.0 Å². The first-order valence-electron chi connectivity index (χ1n) is 7.37. The summed E-state index contributed by atoms with van der Waals surface area (Å²) in [5.41, 5.74) is 1.66. The highest BCUT2D eigenvalue weighted by molar-refractivity contribution is 5.76. The molecule has 1 amide bonds. The lowest BCUT2D eigenvalue weighted by molar-refractivity contribution is -0.274. The number of hydrogen-bond donors (Lipinski definition) is 1. The Morgan fingerprint density at radius 3 is 2.54 bits per heavy atom. The molecule has 0 aliphatic carbocycles. The van der Waals surface area contributed by atoms with E-state index in [2.05, 4.69) is 15.0 Å². The third kappa shape index (κ3) is 5.91. The molecule has 128 valence electrons. The Labute approximate surface area is 137 Å². The minimum atomic E-state index is -4.70. The van der Waals surface area contributed by atoms with E-state index in [9.17, 15) is 18.0 Å². The quantitative estimate of drug-likeness (QED) is 0.872. The highest BCUT2D eigenvalue weighted by Gasteiger charge is 2.30. The summed E-state index contributed by atoms with van der Waals surface area (Å²) in [5.74, 6) is -0.414. The molecule has 1 unspecified atom stereocenters. The molecule has 1 N–H and O–H groups in total. The van der Waals surface area contributed by atoms with Gasteiger partial charge in [0.2, 0.25) is 5.91 Å². The van der Waals surface area contributed by atoms with Crippen molar-refractivity contribution >= 4 is 5.91 Å². The van der Waals surface area contributed by atoms with Gasteiger partial charge in [0, 0.05) is 18.8 Å². The maximum atomic E-state index is 12.1. The molecule has 2 rings (SSSR count). The molecule has 7 heteroatoms. The van der Waals surface area contributed by atoms with Crippen LogP contribution in [0.2, 0.25) is 0 Å². The van der Waals surface area contributed by atoms with E-state index < -0.39 is 6.36 Å². The topological polar surface area (TPSA) is 51.2 Å². The van der Waals surface area contributed by atoms with Crippen LogP contribution in [0.3, 0.4) is 0 Å². The Hall–Kier alpha value is -2.57. The lowest BCUT2D eigenvalue weighted by atomic mass is 10.1. The van der Waals surface area contributed by atoms with E-state index in [4.69, 9.17) is 0 Å². The number of alkyl halides is 3. The van der Waals surface area contributed by atoms with Crippen molar-refractivity contribution in [2.45, 2.75) is 32.2 Å². The molecular formula is C17H17F3N2O2. The number of aryl methyl sites for hydroxylation is 1. The van der Waals surface area contributed by atoms with Crippen LogP contribution in [0.15, 0.2) is 48.8 Å². The van der Waals surface area contributed by atoms with Crippen molar-refractivity contribution in [3.05, 3.63) is 59.9 Å². The summed E-state index contributed by atoms with van der Waals surface area (Å²) in [6.07, 6.45) is -0.694. The number of nitrogens with zero attached hydrogens (tertiary/aromatic N) is 1. The number of carbonyl (C=O) groups excluding carboxylic acids is 1. The number of nitrogens with one attached hydrogen (secondary N) is 1. The van der Waals surface area contributed by atoms with Crippen LogP contribution >= 0.6 is 0 Å². The molecule has 0 aliphatic rings. The van der Waals surface area contributed by atoms with Crippen molar-refractivity contribution in [3.8, 4) is 5.75 Å². The van der Waals surface area contributed by atoms with Crippen LogP contribution in [0.25, 0.3) is 0 Å². The van der Waals surface area contributed by atoms with Crippen molar-refractivity contribution in [2.75, 3.05) is 0 Å². The second kappa shape index (κ2) is 7.81. The van der Waals surface area contributed by atoms with Gasteiger partial charge in [-0.15, -0.1) is 13.2 Å². The van der Waals surface area contributed by atoms with E-state index in [0.29, 0.717) is 6.42 Å². The number of halogens is 3. The number of amides is 1. The molecule has 1 atom stereocenters. The highest BCUT2D eigenvalue weighted by atomic mass is 19.4. The Kier molecular flexibility index (Phi) is 5.78. The van der Waals surface area contributed by atoms with Gasteiger partial charge in [-0.1, -0.05) is 18.2 Å². The van der Waals surface area contributed by atoms with Crippen LogP contribution in [-0.4, -0.2) is 17.3 Å². The van der Waals surface area contributed by atoms with Gasteiger partial charge in [0.25, 0.3) is 0 Å². The van der Waals surface area contributed by atoms with E-state index in [1.165, 1.54) is 24.3 Å². The number of pyridine rings is 1. The summed E-state index contributed by atoms with van der Waals surface area (Å²) in [5, 5.41) is 2.86. The summed E-state index contributed by atoms with van der Waals surface area (Å²) in [4.78, 5) is 15.9. The summed E-state index contributed by atoms with van der Waals surface area (Å²) >= 11 is 0. The van der Waals surface area contributed by atoms with E-state index in [1.54, 1.807) is 18.5 Å². The van der Waals surface area contributed by atoms with E-state index >= 15 is 0 Å². The zero-order chi connectivity index (χ0) is 17.6. The fourth-order valence-corrected chi connectivity index (χ4v) is 2.14. The van der Waals surface area contributed by atoms with Gasteiger partial charge in [-0.05, 0) is 42.7 Å². The summed E-state index contributed by atoms with van der Waals surface area (Å²) in [7, 11) is 0. The van der Waals surface area contributed by atoms with Gasteiger partial charge < -0.3 is 10.1 Å². The Bertz CT molecular complexity index is 658. The van der Waals surface area contributed by atoms with Crippen LogP contribution in [0.4, 0.5) is 13.2 Å². The normalized spacial score (nSPS) is 12.5. The van der Waals surface area contributed by atoms with Gasteiger partial charge in [-0.25, -0.2) is 0 Å². The third-order valence-electron chi connectivity index (χ3n) is 3.36. The van der Waals surface area contributed by atoms with Crippen molar-refractivity contribution in [1.82, 2.24) is 10.3 Å². The van der Waals surface area contributed by atoms with Crippen molar-refractivity contribution in [1.29, 1.82) is 0 Å². The largest absolute Gasteiger partial charge is 0.573 e. The van der Waals surface area contributed by atoms with Gasteiger partial charge >= 0.3 is 6.36 Å². The van der Waals surface area contributed by atoms with Gasteiger partial charge in [0.1, 0.15) is 5.75 Å². The molecule has 0 bridgehead atoms. The zero-order valence-corrected chi connectivity index (χ0v) is 13.0. The average molecular weight is 338 g/mol. The summed E-state index contributed by atoms with van der Waals surface area (Å²) < 4.78 is 40.0. The SMILES string of the molecule is CC(NC(=O)CCc1ccc(OC(F)(F)F)cc1)c1cccnc1. The molecule has 0 fully saturated rings. The lowest BCUT2D eigenvalue weighted by Crippen LogP contribution is -2.26. The monoisotopic (exact) mass is 338 g/mol. The van der Waals surface area contributed by atoms with Gasteiger partial charge in [0.05, 0.1) is 6.04 Å². The molecule has 1 aromatic heterocycles. The molecule has 1 aromatic carbocycles. The first-order chi connectivity index (χ1) is 11.3. The number of rotatable bonds is 6. The standard InChI is InChI=1S/C17H17F3N2O2/c1-12(14-3-2-10-21-11-14)22-16(23)9-6-13-4-7-15(8-5-13)24-17(18,19)20/h2-5,7-8,10-12H,6,9H2,1H3,(H,22,23). The maximum Gasteiger partial charge on any atom is 0.573 e. The molecule has 2 aromatic rings. The minimum absolute atomic E-state index is 0.137. The number of hydrogen-bond acceptors (Lipinski definition) is 3. The van der Waals surface area contributed by atoms with E-state index in [0.717, 1.165) is 11.1 Å². The molecule has 0 aliphatic heterocycles. The number of aromatic nitrogens is 1. The molecule has 0 saturated carbocycles. The van der Waals surface area contributed by atoms with Gasteiger partial charge in [0.15, 0.2) is 0 Å². The first-order valence-corrected chi connectivity index (χ1v) is 7.37. The summed E-state index contributed by atoms with van der Waals surface area (Å²) in [6, 6.07) is 9.00. The molecular weight excluding hydrogens is 321 g/mol. The average Bonchev–Trinajstić information content (AvgIpc) is 2.53. The fraction of sp³-hybridized carbons (Fsp3) is 0.294. The number of carbonyl (C=O) groups is 1. The molecule has 4 nitrogen and oxygen atoms in total. The van der Waals surface area contributed by atoms with Crippen molar-refractivity contribution in [2.24, 2.45) is 0 Å². The Morgan fingerprint density at radius 1 is 1.25 bits per heavy atom. The van der Waals surface area contributed by atoms with Crippen LogP contribution in [0, 0.1) is 0 Å². The van der Waals surface area contributed by atoms with Crippen LogP contribution in [0.1, 0.15) is 30.5 Å². The van der Waals surface area contributed by atoms with Crippen LogP contribution < -0.4 is 10.1 Å². The van der Waals surface area contributed by atoms with E-state index in [-0.39, 0.29) is 24.1 Å². The van der Waals surface area contributed by atoms with Crippen LogP contribution in [0.5, 0.6) is 5.75 Å². The van der Waals surface area contributed by atoms with Gasteiger partial charge in [-0.2, -0.15) is 0 Å². The molecule has 1 heterocycles. The highest BCUT2D eigenvalue weighted by Crippen LogP contribution is 2.23. The maximum absolute atomic E-state index is 12.1. The van der Waals surface area contributed by atoms with Gasteiger partial charge in [-0.3, -0.25) is 9.78 Å². The minimum Gasteiger partial charge on any atom is -0.406 e. The molecule has 0 spiro atoms. The van der Waals surface area contributed by atoms with Crippen LogP contribution in [-0.2, 0) is 11.2 Å². The first kappa shape index (κ1) is 17.8. The third-order valence-corrected chi connectivity index (χ3v) is 3.36. The lowest BCUT2D eigenvalue weighted by Gasteiger charge is -2.14. The number of benzene rings is 1. The van der Waals surface area contributed by atoms with Crippen molar-refractivity contribution < 1.29 is 22.7 Å². The zero-order valence-electron chi connectivity index (χ0n) is 13.0.